The van der Waals surface area contributed by atoms with E-state index in [9.17, 15) is 8.42 Å². The van der Waals surface area contributed by atoms with Crippen LogP contribution in [0.2, 0.25) is 0 Å². The second-order valence-corrected chi connectivity index (χ2v) is 4.39. The zero-order chi connectivity index (χ0) is 10.3. The zero-order valence-corrected chi connectivity index (χ0v) is 8.19. The minimum absolute atomic E-state index is 0.101. The third kappa shape index (κ3) is 1.36. The van der Waals surface area contributed by atoms with Crippen LogP contribution in [0.5, 0.6) is 0 Å². The first-order valence-electron chi connectivity index (χ1n) is 3.83. The van der Waals surface area contributed by atoms with Gasteiger partial charge in [-0.3, -0.25) is 0 Å². The Balaban J connectivity index is 2.87. The number of fused-ring (bicyclic) bond motifs is 1. The second-order valence-electron chi connectivity index (χ2n) is 2.89. The molecule has 0 saturated carbocycles. The van der Waals surface area contributed by atoms with E-state index in [0.717, 1.165) is 0 Å². The Kier molecular flexibility index (Phi) is 1.79. The fourth-order valence-corrected chi connectivity index (χ4v) is 1.71. The molecule has 2 aromatic heterocycles. The third-order valence-corrected chi connectivity index (χ3v) is 2.62. The molecule has 7 heteroatoms. The summed E-state index contributed by atoms with van der Waals surface area (Å²) in [5.74, 6) is 0. The molecule has 2 aromatic rings. The fraction of sp³-hybridized carbons (Fsp3) is 0.143. The highest BCUT2D eigenvalue weighted by Crippen LogP contribution is 2.09. The van der Waals surface area contributed by atoms with E-state index in [1.807, 2.05) is 0 Å². The molecule has 0 aliphatic carbocycles. The molecule has 0 bridgehead atoms. The summed E-state index contributed by atoms with van der Waals surface area (Å²) in [6, 6.07) is 3.42. The maximum Gasteiger partial charge on any atom is 0.257 e. The lowest BCUT2D eigenvalue weighted by Crippen LogP contribution is -2.15. The van der Waals surface area contributed by atoms with Crippen molar-refractivity contribution in [3.63, 3.8) is 0 Å². The molecule has 6 nitrogen and oxygen atoms in total. The zero-order valence-electron chi connectivity index (χ0n) is 7.38. The van der Waals surface area contributed by atoms with Crippen molar-refractivity contribution in [2.45, 2.75) is 11.9 Å². The molecule has 2 rings (SSSR count). The van der Waals surface area contributed by atoms with Gasteiger partial charge >= 0.3 is 0 Å². The van der Waals surface area contributed by atoms with Gasteiger partial charge in [-0.1, -0.05) is 0 Å². The molecule has 0 aromatic carbocycles. The maximum absolute atomic E-state index is 11.1. The van der Waals surface area contributed by atoms with E-state index in [2.05, 4.69) is 10.1 Å². The number of aromatic nitrogens is 3. The van der Waals surface area contributed by atoms with Crippen LogP contribution < -0.4 is 5.14 Å². The lowest BCUT2D eigenvalue weighted by atomic mass is 10.4. The number of sulfonamides is 1. The highest BCUT2D eigenvalue weighted by molar-refractivity contribution is 7.89. The molecule has 0 radical (unpaired) electrons. The summed E-state index contributed by atoms with van der Waals surface area (Å²) in [5, 5.41) is 8.89. The Morgan fingerprint density at radius 1 is 1.43 bits per heavy atom. The van der Waals surface area contributed by atoms with Crippen LogP contribution in [-0.4, -0.2) is 23.0 Å². The van der Waals surface area contributed by atoms with Crippen molar-refractivity contribution in [1.82, 2.24) is 14.6 Å². The van der Waals surface area contributed by atoms with Crippen LogP contribution in [0.15, 0.2) is 23.4 Å². The quantitative estimate of drug-likeness (QED) is 0.701. The van der Waals surface area contributed by atoms with Crippen LogP contribution in [0.3, 0.4) is 0 Å². The van der Waals surface area contributed by atoms with Gasteiger partial charge in [0.2, 0.25) is 0 Å². The Morgan fingerprint density at radius 3 is 2.79 bits per heavy atom. The van der Waals surface area contributed by atoms with E-state index in [1.54, 1.807) is 19.1 Å². The van der Waals surface area contributed by atoms with Crippen LogP contribution in [0, 0.1) is 6.92 Å². The van der Waals surface area contributed by atoms with Gasteiger partial charge in [0, 0.05) is 0 Å². The van der Waals surface area contributed by atoms with Crippen LogP contribution in [0.4, 0.5) is 0 Å². The molecule has 0 fully saturated rings. The van der Waals surface area contributed by atoms with Crippen LogP contribution in [0.25, 0.3) is 5.65 Å². The van der Waals surface area contributed by atoms with Gasteiger partial charge in [0.1, 0.15) is 0 Å². The summed E-state index contributed by atoms with van der Waals surface area (Å²) in [6.07, 6.45) is 1.19. The van der Waals surface area contributed by atoms with Crippen molar-refractivity contribution in [2.75, 3.05) is 0 Å². The van der Waals surface area contributed by atoms with E-state index in [-0.39, 0.29) is 5.03 Å². The Bertz CT molecular complexity index is 587. The standard InChI is InChI=1S/C7H8N4O2S/c1-5-2-3-6-9-4-7(11(6)10-5)14(8,12)13/h2-4H,1H3,(H2,8,12,13). The number of nitrogens with two attached hydrogens (primary N) is 1. The van der Waals surface area contributed by atoms with Crippen molar-refractivity contribution >= 4 is 15.7 Å². The topological polar surface area (TPSA) is 90.3 Å². The van der Waals surface area contributed by atoms with E-state index in [4.69, 9.17) is 5.14 Å². The average molecular weight is 212 g/mol. The third-order valence-electron chi connectivity index (χ3n) is 1.76. The Hall–Kier alpha value is -1.47. The summed E-state index contributed by atoms with van der Waals surface area (Å²) in [7, 11) is -3.76. The van der Waals surface area contributed by atoms with E-state index < -0.39 is 10.0 Å². The smallest absolute Gasteiger partial charge is 0.234 e. The van der Waals surface area contributed by atoms with Crippen molar-refractivity contribution in [1.29, 1.82) is 0 Å². The van der Waals surface area contributed by atoms with Crippen LogP contribution in [0.1, 0.15) is 5.69 Å². The van der Waals surface area contributed by atoms with Gasteiger partial charge < -0.3 is 0 Å². The first kappa shape index (κ1) is 9.10. The SMILES string of the molecule is Cc1ccc2ncc(S(N)(=O)=O)n2n1. The molecule has 74 valence electrons. The lowest BCUT2D eigenvalue weighted by Gasteiger charge is -1.98. The highest BCUT2D eigenvalue weighted by atomic mass is 32.2. The van der Waals surface area contributed by atoms with Gasteiger partial charge in [0.05, 0.1) is 11.9 Å². The van der Waals surface area contributed by atoms with Gasteiger partial charge in [-0.2, -0.15) is 5.10 Å². The second kappa shape index (κ2) is 2.76. The summed E-state index contributed by atoms with van der Waals surface area (Å²) in [5.41, 5.74) is 1.15. The van der Waals surface area contributed by atoms with Crippen LogP contribution >= 0.6 is 0 Å². The number of rotatable bonds is 1. The maximum atomic E-state index is 11.1. The summed E-state index contributed by atoms with van der Waals surface area (Å²) >= 11 is 0. The van der Waals surface area contributed by atoms with Gasteiger partial charge in [-0.05, 0) is 19.1 Å². The Labute approximate surface area is 80.4 Å². The predicted molar refractivity (Wildman–Crippen MR) is 49.1 cm³/mol. The summed E-state index contributed by atoms with van der Waals surface area (Å²) in [4.78, 5) is 3.87. The molecule has 0 aliphatic heterocycles. The average Bonchev–Trinajstić information content (AvgIpc) is 2.45. The normalized spacial score (nSPS) is 12.1. The van der Waals surface area contributed by atoms with E-state index in [1.165, 1.54) is 10.7 Å². The monoisotopic (exact) mass is 212 g/mol. The molecular formula is C7H8N4O2S. The first-order valence-corrected chi connectivity index (χ1v) is 5.37. The minimum Gasteiger partial charge on any atom is -0.234 e. The summed E-state index contributed by atoms with van der Waals surface area (Å²) in [6.45, 7) is 1.76. The van der Waals surface area contributed by atoms with Gasteiger partial charge in [0.15, 0.2) is 10.7 Å². The van der Waals surface area contributed by atoms with Gasteiger partial charge in [-0.15, -0.1) is 0 Å². The molecule has 14 heavy (non-hydrogen) atoms. The van der Waals surface area contributed by atoms with Gasteiger partial charge in [0.25, 0.3) is 10.0 Å². The molecule has 2 N–H and O–H groups in total. The molecule has 2 heterocycles. The number of imidazole rings is 1. The number of nitrogens with zero attached hydrogens (tertiary/aromatic N) is 3. The van der Waals surface area contributed by atoms with Crippen molar-refractivity contribution < 1.29 is 8.42 Å². The van der Waals surface area contributed by atoms with Crippen molar-refractivity contribution in [3.05, 3.63) is 24.0 Å². The number of hydrogen-bond donors (Lipinski definition) is 1. The number of hydrogen-bond acceptors (Lipinski definition) is 4. The van der Waals surface area contributed by atoms with Crippen LogP contribution in [-0.2, 0) is 10.0 Å². The van der Waals surface area contributed by atoms with E-state index >= 15 is 0 Å². The first-order chi connectivity index (χ1) is 6.48. The predicted octanol–water partition coefficient (Wildman–Crippen LogP) is -0.315. The van der Waals surface area contributed by atoms with E-state index in [0.29, 0.717) is 11.3 Å². The van der Waals surface area contributed by atoms with Crippen molar-refractivity contribution in [2.24, 2.45) is 5.14 Å². The largest absolute Gasteiger partial charge is 0.257 e. The molecule has 0 aliphatic rings. The molecule has 0 amide bonds. The molecule has 0 atom stereocenters. The fourth-order valence-electron chi connectivity index (χ4n) is 1.14. The molecule has 0 saturated heterocycles. The lowest BCUT2D eigenvalue weighted by molar-refractivity contribution is 0.589. The highest BCUT2D eigenvalue weighted by Gasteiger charge is 2.14. The molecule has 0 spiro atoms. The van der Waals surface area contributed by atoms with Gasteiger partial charge in [-0.25, -0.2) is 23.1 Å². The number of primary sulfonamides is 1. The molecular weight excluding hydrogens is 204 g/mol. The van der Waals surface area contributed by atoms with Crippen molar-refractivity contribution in [3.8, 4) is 0 Å². The summed E-state index contributed by atoms with van der Waals surface area (Å²) < 4.78 is 23.4. The number of aryl methyl sites for hydroxylation is 1. The minimum atomic E-state index is -3.76. The molecule has 0 unspecified atom stereocenters. The Morgan fingerprint density at radius 2 is 2.14 bits per heavy atom.